The summed E-state index contributed by atoms with van der Waals surface area (Å²) in [5.41, 5.74) is 7.09. The van der Waals surface area contributed by atoms with Gasteiger partial charge in [0.05, 0.1) is 0 Å². The molecule has 18 heavy (non-hydrogen) atoms. The van der Waals surface area contributed by atoms with Gasteiger partial charge in [-0.25, -0.2) is 0 Å². The first-order valence-corrected chi connectivity index (χ1v) is 7.43. The minimum atomic E-state index is 0.0605. The maximum atomic E-state index is 11.7. The number of nitrogens with one attached hydrogen (secondary N) is 1. The van der Waals surface area contributed by atoms with E-state index in [-0.39, 0.29) is 5.91 Å². The number of anilines is 2. The molecular weight excluding hydrogens is 244 g/mol. The molecule has 1 unspecified atom stereocenters. The summed E-state index contributed by atoms with van der Waals surface area (Å²) >= 11 is 1.93. The maximum Gasteiger partial charge on any atom is 0.224 e. The van der Waals surface area contributed by atoms with E-state index >= 15 is 0 Å². The molecule has 3 N–H and O–H groups in total. The minimum Gasteiger partial charge on any atom is -0.399 e. The van der Waals surface area contributed by atoms with Crippen LogP contribution in [0.5, 0.6) is 0 Å². The van der Waals surface area contributed by atoms with Crippen molar-refractivity contribution in [1.29, 1.82) is 0 Å². The number of benzene rings is 1. The SMILES string of the molecule is CCC(C)SCCCC(=O)Nc1cccc(N)c1. The van der Waals surface area contributed by atoms with Gasteiger partial charge in [0.25, 0.3) is 0 Å². The first kappa shape index (κ1) is 14.9. The molecule has 0 fully saturated rings. The number of hydrogen-bond acceptors (Lipinski definition) is 3. The summed E-state index contributed by atoms with van der Waals surface area (Å²) in [6.07, 6.45) is 2.67. The third-order valence-corrected chi connectivity index (χ3v) is 4.12. The summed E-state index contributed by atoms with van der Waals surface area (Å²) in [6, 6.07) is 7.26. The molecule has 0 aliphatic carbocycles. The Labute approximate surface area is 114 Å². The Balaban J connectivity index is 2.22. The highest BCUT2D eigenvalue weighted by atomic mass is 32.2. The predicted octanol–water partition coefficient (Wildman–Crippen LogP) is 3.52. The lowest BCUT2D eigenvalue weighted by Crippen LogP contribution is -2.11. The van der Waals surface area contributed by atoms with E-state index in [1.165, 1.54) is 6.42 Å². The van der Waals surface area contributed by atoms with E-state index in [2.05, 4.69) is 19.2 Å². The standard InChI is InChI=1S/C14H22N2OS/c1-3-11(2)18-9-5-8-14(17)16-13-7-4-6-12(15)10-13/h4,6-7,10-11H,3,5,8-9,15H2,1-2H3,(H,16,17). The maximum absolute atomic E-state index is 11.7. The summed E-state index contributed by atoms with van der Waals surface area (Å²) in [6.45, 7) is 4.40. The van der Waals surface area contributed by atoms with Gasteiger partial charge >= 0.3 is 0 Å². The normalized spacial score (nSPS) is 12.1. The second-order valence-corrected chi connectivity index (χ2v) is 5.91. The zero-order chi connectivity index (χ0) is 13.4. The summed E-state index contributed by atoms with van der Waals surface area (Å²) in [4.78, 5) is 11.7. The average Bonchev–Trinajstić information content (AvgIpc) is 2.34. The molecule has 0 aromatic heterocycles. The second kappa shape index (κ2) is 8.03. The largest absolute Gasteiger partial charge is 0.399 e. The lowest BCUT2D eigenvalue weighted by atomic mass is 10.2. The molecule has 4 heteroatoms. The Morgan fingerprint density at radius 3 is 2.94 bits per heavy atom. The van der Waals surface area contributed by atoms with Crippen molar-refractivity contribution in [3.05, 3.63) is 24.3 Å². The van der Waals surface area contributed by atoms with Gasteiger partial charge in [-0.1, -0.05) is 19.9 Å². The highest BCUT2D eigenvalue weighted by Crippen LogP contribution is 2.16. The zero-order valence-corrected chi connectivity index (χ0v) is 11.9. The average molecular weight is 266 g/mol. The molecule has 100 valence electrons. The lowest BCUT2D eigenvalue weighted by molar-refractivity contribution is -0.116. The highest BCUT2D eigenvalue weighted by Gasteiger charge is 2.04. The molecule has 0 saturated carbocycles. The molecule has 1 rings (SSSR count). The molecule has 0 aliphatic heterocycles. The summed E-state index contributed by atoms with van der Waals surface area (Å²) in [7, 11) is 0. The number of thioether (sulfide) groups is 1. The van der Waals surface area contributed by atoms with Crippen LogP contribution in [0.15, 0.2) is 24.3 Å². The Morgan fingerprint density at radius 2 is 2.28 bits per heavy atom. The fourth-order valence-electron chi connectivity index (χ4n) is 1.48. The molecule has 0 saturated heterocycles. The van der Waals surface area contributed by atoms with Crippen LogP contribution in [0.3, 0.4) is 0 Å². The molecule has 0 radical (unpaired) electrons. The van der Waals surface area contributed by atoms with Gasteiger partial charge in [0.1, 0.15) is 0 Å². The van der Waals surface area contributed by atoms with Crippen molar-refractivity contribution in [3.8, 4) is 0 Å². The lowest BCUT2D eigenvalue weighted by Gasteiger charge is -2.08. The van der Waals surface area contributed by atoms with Crippen LogP contribution in [0.1, 0.15) is 33.1 Å². The number of carbonyl (C=O) groups is 1. The van der Waals surface area contributed by atoms with Gasteiger partial charge in [-0.2, -0.15) is 11.8 Å². The Hall–Kier alpha value is -1.16. The quantitative estimate of drug-likeness (QED) is 0.586. The van der Waals surface area contributed by atoms with Crippen LogP contribution in [-0.2, 0) is 4.79 Å². The smallest absolute Gasteiger partial charge is 0.224 e. The van der Waals surface area contributed by atoms with Crippen molar-refractivity contribution in [2.75, 3.05) is 16.8 Å². The third-order valence-electron chi connectivity index (χ3n) is 2.70. The number of amides is 1. The number of nitrogens with two attached hydrogens (primary N) is 1. The molecule has 0 spiro atoms. The van der Waals surface area contributed by atoms with Crippen molar-refractivity contribution >= 4 is 29.0 Å². The van der Waals surface area contributed by atoms with Crippen LogP contribution >= 0.6 is 11.8 Å². The van der Waals surface area contributed by atoms with Crippen LogP contribution in [0.2, 0.25) is 0 Å². The van der Waals surface area contributed by atoms with Gasteiger partial charge in [-0.15, -0.1) is 0 Å². The number of rotatable bonds is 7. The van der Waals surface area contributed by atoms with E-state index in [0.717, 1.165) is 17.9 Å². The van der Waals surface area contributed by atoms with Crippen molar-refractivity contribution in [1.82, 2.24) is 0 Å². The number of hydrogen-bond donors (Lipinski definition) is 2. The van der Waals surface area contributed by atoms with Gasteiger partial charge in [-0.3, -0.25) is 4.79 Å². The molecule has 1 amide bonds. The van der Waals surface area contributed by atoms with E-state index in [1.807, 2.05) is 23.9 Å². The van der Waals surface area contributed by atoms with Crippen LogP contribution in [0.25, 0.3) is 0 Å². The summed E-state index contributed by atoms with van der Waals surface area (Å²) in [5.74, 6) is 1.10. The van der Waals surface area contributed by atoms with E-state index in [0.29, 0.717) is 17.4 Å². The van der Waals surface area contributed by atoms with Crippen LogP contribution in [-0.4, -0.2) is 16.9 Å². The van der Waals surface area contributed by atoms with E-state index < -0.39 is 0 Å². The van der Waals surface area contributed by atoms with Crippen molar-refractivity contribution in [2.45, 2.75) is 38.4 Å². The van der Waals surface area contributed by atoms with Crippen molar-refractivity contribution < 1.29 is 4.79 Å². The fourth-order valence-corrected chi connectivity index (χ4v) is 2.42. The van der Waals surface area contributed by atoms with Gasteiger partial charge in [0.15, 0.2) is 0 Å². The third kappa shape index (κ3) is 5.96. The van der Waals surface area contributed by atoms with E-state index in [9.17, 15) is 4.79 Å². The molecule has 0 aliphatic rings. The van der Waals surface area contributed by atoms with Gasteiger partial charge < -0.3 is 11.1 Å². The molecule has 0 heterocycles. The predicted molar refractivity (Wildman–Crippen MR) is 80.9 cm³/mol. The fraction of sp³-hybridized carbons (Fsp3) is 0.500. The Kier molecular flexibility index (Phi) is 6.65. The van der Waals surface area contributed by atoms with E-state index in [1.54, 1.807) is 12.1 Å². The van der Waals surface area contributed by atoms with Crippen LogP contribution in [0.4, 0.5) is 11.4 Å². The first-order chi connectivity index (χ1) is 8.61. The molecule has 1 aromatic rings. The Morgan fingerprint density at radius 1 is 1.50 bits per heavy atom. The van der Waals surface area contributed by atoms with Crippen molar-refractivity contribution in [2.24, 2.45) is 0 Å². The van der Waals surface area contributed by atoms with Crippen molar-refractivity contribution in [3.63, 3.8) is 0 Å². The summed E-state index contributed by atoms with van der Waals surface area (Å²) < 4.78 is 0. The van der Waals surface area contributed by atoms with Gasteiger partial charge in [0.2, 0.25) is 5.91 Å². The Bertz CT molecular complexity index is 382. The van der Waals surface area contributed by atoms with E-state index in [4.69, 9.17) is 5.73 Å². The zero-order valence-electron chi connectivity index (χ0n) is 11.1. The minimum absolute atomic E-state index is 0.0605. The molecular formula is C14H22N2OS. The molecule has 3 nitrogen and oxygen atoms in total. The number of carbonyl (C=O) groups excluding carboxylic acids is 1. The highest BCUT2D eigenvalue weighted by molar-refractivity contribution is 7.99. The second-order valence-electron chi connectivity index (χ2n) is 4.37. The molecule has 1 aromatic carbocycles. The molecule has 1 atom stereocenters. The monoisotopic (exact) mass is 266 g/mol. The first-order valence-electron chi connectivity index (χ1n) is 6.38. The number of nitrogen functional groups attached to an aromatic ring is 1. The van der Waals surface area contributed by atoms with Gasteiger partial charge in [0, 0.05) is 23.0 Å². The summed E-state index contributed by atoms with van der Waals surface area (Å²) in [5, 5.41) is 3.54. The topological polar surface area (TPSA) is 55.1 Å². The van der Waals surface area contributed by atoms with Crippen LogP contribution in [0, 0.1) is 0 Å². The molecule has 0 bridgehead atoms. The van der Waals surface area contributed by atoms with Gasteiger partial charge in [-0.05, 0) is 36.8 Å². The van der Waals surface area contributed by atoms with Crippen LogP contribution < -0.4 is 11.1 Å².